The molecule has 2 aromatic carbocycles. The van der Waals surface area contributed by atoms with Crippen LogP contribution in [0.1, 0.15) is 42.4 Å². The molecule has 1 saturated carbocycles. The summed E-state index contributed by atoms with van der Waals surface area (Å²) in [6.45, 7) is 0.550. The Kier molecular flexibility index (Phi) is 5.41. The van der Waals surface area contributed by atoms with E-state index in [9.17, 15) is 10.1 Å². The highest BCUT2D eigenvalue weighted by Crippen LogP contribution is 2.51. The molecule has 1 spiro atoms. The van der Waals surface area contributed by atoms with Gasteiger partial charge in [-0.2, -0.15) is 10.4 Å². The largest absolute Gasteiger partial charge is 0.271 e. The van der Waals surface area contributed by atoms with E-state index in [-0.39, 0.29) is 11.0 Å². The van der Waals surface area contributed by atoms with Gasteiger partial charge in [-0.3, -0.25) is 4.79 Å². The van der Waals surface area contributed by atoms with E-state index in [1.165, 1.54) is 22.9 Å². The number of nitrogens with zero attached hydrogens (tertiary/aromatic N) is 3. The fourth-order valence-electron chi connectivity index (χ4n) is 5.37. The van der Waals surface area contributed by atoms with Crippen molar-refractivity contribution in [3.8, 4) is 17.2 Å². The SMILES string of the molecule is N#CCSc1nn(CCc2ccccc2)c(=O)c2c1-c1ccccc1CC21CCCC1. The average molecular weight is 428 g/mol. The predicted octanol–water partition coefficient (Wildman–Crippen LogP) is 5.14. The first-order chi connectivity index (χ1) is 15.2. The van der Waals surface area contributed by atoms with Gasteiger partial charge < -0.3 is 0 Å². The number of benzene rings is 2. The molecule has 31 heavy (non-hydrogen) atoms. The summed E-state index contributed by atoms with van der Waals surface area (Å²) < 4.78 is 1.67. The molecule has 0 aliphatic heterocycles. The number of hydrogen-bond donors (Lipinski definition) is 0. The maximum atomic E-state index is 13.9. The lowest BCUT2D eigenvalue weighted by Crippen LogP contribution is -2.40. The second-order valence-corrected chi connectivity index (χ2v) is 9.55. The number of thioether (sulfide) groups is 1. The first kappa shape index (κ1) is 20.1. The third kappa shape index (κ3) is 3.59. The van der Waals surface area contributed by atoms with Crippen molar-refractivity contribution in [1.29, 1.82) is 5.26 Å². The molecule has 0 unspecified atom stereocenters. The van der Waals surface area contributed by atoms with E-state index >= 15 is 0 Å². The summed E-state index contributed by atoms with van der Waals surface area (Å²) in [5.74, 6) is 0.325. The minimum Gasteiger partial charge on any atom is -0.267 e. The zero-order chi connectivity index (χ0) is 21.3. The summed E-state index contributed by atoms with van der Waals surface area (Å²) in [5, 5.41) is 14.9. The highest BCUT2D eigenvalue weighted by Gasteiger charge is 2.44. The van der Waals surface area contributed by atoms with Crippen molar-refractivity contribution in [2.75, 3.05) is 5.75 Å². The molecule has 5 heteroatoms. The van der Waals surface area contributed by atoms with Crippen LogP contribution in [0.25, 0.3) is 11.1 Å². The zero-order valence-electron chi connectivity index (χ0n) is 17.5. The summed E-state index contributed by atoms with van der Waals surface area (Å²) in [7, 11) is 0. The van der Waals surface area contributed by atoms with Gasteiger partial charge in [-0.25, -0.2) is 4.68 Å². The third-order valence-electron chi connectivity index (χ3n) is 6.76. The van der Waals surface area contributed by atoms with Gasteiger partial charge in [0.15, 0.2) is 0 Å². The number of aromatic nitrogens is 2. The molecule has 2 aliphatic rings. The Morgan fingerprint density at radius 3 is 2.58 bits per heavy atom. The zero-order valence-corrected chi connectivity index (χ0v) is 18.3. The summed E-state index contributed by atoms with van der Waals surface area (Å²) >= 11 is 1.45. The van der Waals surface area contributed by atoms with Gasteiger partial charge in [0, 0.05) is 23.1 Å². The summed E-state index contributed by atoms with van der Waals surface area (Å²) in [6.07, 6.45) is 6.11. The fourth-order valence-corrected chi connectivity index (χ4v) is 6.09. The highest BCUT2D eigenvalue weighted by atomic mass is 32.2. The molecule has 0 radical (unpaired) electrons. The second kappa shape index (κ2) is 8.36. The summed E-state index contributed by atoms with van der Waals surface area (Å²) in [5.41, 5.74) is 5.52. The Morgan fingerprint density at radius 2 is 1.81 bits per heavy atom. The van der Waals surface area contributed by atoms with Gasteiger partial charge >= 0.3 is 0 Å². The van der Waals surface area contributed by atoms with E-state index in [1.807, 2.05) is 24.3 Å². The first-order valence-electron chi connectivity index (χ1n) is 11.0. The second-order valence-electron chi connectivity index (χ2n) is 8.59. The van der Waals surface area contributed by atoms with Crippen molar-refractivity contribution in [3.05, 3.63) is 81.6 Å². The lowest BCUT2D eigenvalue weighted by Gasteiger charge is -2.37. The monoisotopic (exact) mass is 427 g/mol. The van der Waals surface area contributed by atoms with Gasteiger partial charge in [-0.1, -0.05) is 79.2 Å². The minimum absolute atomic E-state index is 0.0589. The number of aryl methyl sites for hydroxylation is 2. The van der Waals surface area contributed by atoms with E-state index in [4.69, 9.17) is 5.10 Å². The average Bonchev–Trinajstić information content (AvgIpc) is 3.26. The lowest BCUT2D eigenvalue weighted by molar-refractivity contribution is 0.413. The van der Waals surface area contributed by atoms with Crippen molar-refractivity contribution in [3.63, 3.8) is 0 Å². The van der Waals surface area contributed by atoms with E-state index in [1.54, 1.807) is 4.68 Å². The molecule has 0 saturated heterocycles. The van der Waals surface area contributed by atoms with Crippen LogP contribution in [-0.2, 0) is 24.8 Å². The molecule has 2 aliphatic carbocycles. The maximum absolute atomic E-state index is 13.9. The van der Waals surface area contributed by atoms with Crippen molar-refractivity contribution in [2.24, 2.45) is 0 Å². The Balaban J connectivity index is 1.68. The van der Waals surface area contributed by atoms with Crippen LogP contribution in [0.2, 0.25) is 0 Å². The molecule has 0 N–H and O–H groups in total. The molecule has 1 heterocycles. The van der Waals surface area contributed by atoms with Gasteiger partial charge in [0.2, 0.25) is 0 Å². The molecule has 3 aromatic rings. The minimum atomic E-state index is -0.0971. The number of fused-ring (bicyclic) bond motifs is 4. The Labute approximate surface area is 186 Å². The van der Waals surface area contributed by atoms with Crippen molar-refractivity contribution >= 4 is 11.8 Å². The molecule has 1 aromatic heterocycles. The van der Waals surface area contributed by atoms with Gasteiger partial charge in [0.05, 0.1) is 11.8 Å². The Bertz CT molecular complexity index is 1200. The van der Waals surface area contributed by atoms with Crippen LogP contribution in [0.15, 0.2) is 64.4 Å². The summed E-state index contributed by atoms with van der Waals surface area (Å²) in [4.78, 5) is 13.9. The van der Waals surface area contributed by atoms with Gasteiger partial charge in [0.25, 0.3) is 5.56 Å². The molecule has 0 amide bonds. The van der Waals surface area contributed by atoms with Gasteiger partial charge in [-0.15, -0.1) is 0 Å². The quantitative estimate of drug-likeness (QED) is 0.529. The number of rotatable bonds is 5. The molecule has 0 atom stereocenters. The molecule has 156 valence electrons. The molecule has 1 fully saturated rings. The van der Waals surface area contributed by atoms with E-state index in [2.05, 4.69) is 36.4 Å². The van der Waals surface area contributed by atoms with Crippen LogP contribution >= 0.6 is 11.8 Å². The van der Waals surface area contributed by atoms with Crippen LogP contribution in [0, 0.1) is 11.3 Å². The fraction of sp³-hybridized carbons (Fsp3) is 0.346. The third-order valence-corrected chi connectivity index (χ3v) is 7.59. The number of hydrogen-bond acceptors (Lipinski definition) is 4. The molecule has 4 nitrogen and oxygen atoms in total. The smallest absolute Gasteiger partial charge is 0.267 e. The first-order valence-corrected chi connectivity index (χ1v) is 12.0. The van der Waals surface area contributed by atoms with Crippen molar-refractivity contribution in [1.82, 2.24) is 9.78 Å². The molecule has 5 rings (SSSR count). The number of nitriles is 1. The lowest BCUT2D eigenvalue weighted by atomic mass is 9.67. The Morgan fingerprint density at radius 1 is 1.06 bits per heavy atom. The van der Waals surface area contributed by atoms with Crippen LogP contribution in [-0.4, -0.2) is 15.5 Å². The molecular formula is C26H25N3OS. The van der Waals surface area contributed by atoms with E-state index < -0.39 is 0 Å². The topological polar surface area (TPSA) is 58.7 Å². The van der Waals surface area contributed by atoms with Gasteiger partial charge in [0.1, 0.15) is 5.03 Å². The Hall–Kier alpha value is -2.84. The van der Waals surface area contributed by atoms with Crippen LogP contribution in [0.5, 0.6) is 0 Å². The van der Waals surface area contributed by atoms with E-state index in [0.29, 0.717) is 12.3 Å². The maximum Gasteiger partial charge on any atom is 0.271 e. The van der Waals surface area contributed by atoms with Crippen LogP contribution < -0.4 is 5.56 Å². The van der Waals surface area contributed by atoms with Gasteiger partial charge in [-0.05, 0) is 42.4 Å². The van der Waals surface area contributed by atoms with E-state index in [0.717, 1.165) is 60.2 Å². The standard InChI is InChI=1S/C26H25N3OS/c27-15-17-31-24-22-21-11-5-4-10-20(21)18-26(13-6-7-14-26)23(22)25(30)29(28-24)16-12-19-8-2-1-3-9-19/h1-5,8-11H,6-7,12-14,16-18H2. The van der Waals surface area contributed by atoms with Crippen LogP contribution in [0.4, 0.5) is 0 Å². The van der Waals surface area contributed by atoms with Crippen molar-refractivity contribution in [2.45, 2.75) is 55.5 Å². The predicted molar refractivity (Wildman–Crippen MR) is 124 cm³/mol. The van der Waals surface area contributed by atoms with Crippen molar-refractivity contribution < 1.29 is 0 Å². The normalized spacial score (nSPS) is 16.0. The summed E-state index contributed by atoms with van der Waals surface area (Å²) in [6, 6.07) is 20.9. The molecule has 0 bridgehead atoms. The molecular weight excluding hydrogens is 402 g/mol. The van der Waals surface area contributed by atoms with Crippen LogP contribution in [0.3, 0.4) is 0 Å². The highest BCUT2D eigenvalue weighted by molar-refractivity contribution is 7.99.